The molecule has 0 amide bonds. The minimum Gasteiger partial charge on any atom is -0.393 e. The van der Waals surface area contributed by atoms with E-state index >= 15 is 0 Å². The molecule has 0 aromatic heterocycles. The van der Waals surface area contributed by atoms with Crippen LogP contribution in [-0.2, 0) is 0 Å². The van der Waals surface area contributed by atoms with Gasteiger partial charge in [-0.1, -0.05) is 19.8 Å². The molecule has 1 saturated carbocycles. The zero-order valence-electron chi connectivity index (χ0n) is 8.92. The number of aliphatic hydroxyl groups is 1. The van der Waals surface area contributed by atoms with Gasteiger partial charge in [-0.05, 0) is 38.6 Å². The van der Waals surface area contributed by atoms with Gasteiger partial charge in [0.1, 0.15) is 0 Å². The Morgan fingerprint density at radius 1 is 1.46 bits per heavy atom. The van der Waals surface area contributed by atoms with Gasteiger partial charge in [-0.25, -0.2) is 0 Å². The minimum absolute atomic E-state index is 0.158. The van der Waals surface area contributed by atoms with E-state index in [1.807, 2.05) is 6.92 Å². The molecule has 0 heterocycles. The molecular weight excluding hydrogens is 162 g/mol. The third kappa shape index (κ3) is 3.65. The van der Waals surface area contributed by atoms with Gasteiger partial charge < -0.3 is 10.4 Å². The molecule has 1 fully saturated rings. The van der Waals surface area contributed by atoms with E-state index in [9.17, 15) is 0 Å². The van der Waals surface area contributed by atoms with Gasteiger partial charge in [0, 0.05) is 6.04 Å². The number of hydrogen-bond donors (Lipinski definition) is 2. The molecule has 0 aromatic rings. The highest BCUT2D eigenvalue weighted by Crippen LogP contribution is 2.27. The summed E-state index contributed by atoms with van der Waals surface area (Å²) < 4.78 is 0. The third-order valence-corrected chi connectivity index (χ3v) is 3.15. The summed E-state index contributed by atoms with van der Waals surface area (Å²) in [6.07, 6.45) is 6.12. The second-order valence-electron chi connectivity index (χ2n) is 4.30. The molecule has 0 bridgehead atoms. The predicted molar refractivity (Wildman–Crippen MR) is 55.7 cm³/mol. The van der Waals surface area contributed by atoms with Crippen molar-refractivity contribution in [3.05, 3.63) is 0 Å². The van der Waals surface area contributed by atoms with Crippen LogP contribution in [0.2, 0.25) is 0 Å². The average molecular weight is 185 g/mol. The van der Waals surface area contributed by atoms with Crippen molar-refractivity contribution in [1.82, 2.24) is 5.32 Å². The second kappa shape index (κ2) is 5.61. The van der Waals surface area contributed by atoms with Gasteiger partial charge in [0.25, 0.3) is 0 Å². The molecule has 2 nitrogen and oxygen atoms in total. The first-order valence-corrected chi connectivity index (χ1v) is 5.65. The third-order valence-electron chi connectivity index (χ3n) is 3.15. The van der Waals surface area contributed by atoms with E-state index in [4.69, 9.17) is 5.11 Å². The van der Waals surface area contributed by atoms with E-state index in [2.05, 4.69) is 12.2 Å². The Kier molecular flexibility index (Phi) is 4.74. The fourth-order valence-electron chi connectivity index (χ4n) is 2.27. The molecule has 78 valence electrons. The number of rotatable bonds is 5. The van der Waals surface area contributed by atoms with E-state index in [-0.39, 0.29) is 6.10 Å². The summed E-state index contributed by atoms with van der Waals surface area (Å²) in [6, 6.07) is 0.726. The molecule has 1 aliphatic rings. The zero-order chi connectivity index (χ0) is 9.68. The summed E-state index contributed by atoms with van der Waals surface area (Å²) in [6.45, 7) is 5.10. The van der Waals surface area contributed by atoms with Crippen LogP contribution in [0, 0.1) is 5.92 Å². The summed E-state index contributed by atoms with van der Waals surface area (Å²) in [5.74, 6) is 0.883. The van der Waals surface area contributed by atoms with Crippen molar-refractivity contribution in [2.24, 2.45) is 5.92 Å². The lowest BCUT2D eigenvalue weighted by Crippen LogP contribution is -2.33. The lowest BCUT2D eigenvalue weighted by Gasteiger charge is -2.19. The summed E-state index contributed by atoms with van der Waals surface area (Å²) in [5, 5.41) is 12.7. The fraction of sp³-hybridized carbons (Fsp3) is 1.00. The van der Waals surface area contributed by atoms with Crippen LogP contribution in [0.4, 0.5) is 0 Å². The second-order valence-corrected chi connectivity index (χ2v) is 4.30. The number of hydrogen-bond acceptors (Lipinski definition) is 2. The van der Waals surface area contributed by atoms with Crippen molar-refractivity contribution < 1.29 is 5.11 Å². The van der Waals surface area contributed by atoms with Gasteiger partial charge in [-0.3, -0.25) is 0 Å². The van der Waals surface area contributed by atoms with Crippen molar-refractivity contribution >= 4 is 0 Å². The molecule has 3 unspecified atom stereocenters. The van der Waals surface area contributed by atoms with Crippen LogP contribution in [0.5, 0.6) is 0 Å². The fourth-order valence-corrected chi connectivity index (χ4v) is 2.27. The van der Waals surface area contributed by atoms with E-state index in [1.165, 1.54) is 25.7 Å². The molecule has 0 aliphatic heterocycles. The van der Waals surface area contributed by atoms with Crippen LogP contribution in [0.15, 0.2) is 0 Å². The zero-order valence-corrected chi connectivity index (χ0v) is 8.92. The quantitative estimate of drug-likeness (QED) is 0.686. The van der Waals surface area contributed by atoms with Crippen molar-refractivity contribution in [3.63, 3.8) is 0 Å². The van der Waals surface area contributed by atoms with Crippen LogP contribution in [0.25, 0.3) is 0 Å². The molecule has 1 aliphatic carbocycles. The van der Waals surface area contributed by atoms with Gasteiger partial charge in [-0.15, -0.1) is 0 Å². The molecule has 0 spiro atoms. The van der Waals surface area contributed by atoms with E-state index < -0.39 is 0 Å². The van der Waals surface area contributed by atoms with E-state index in [0.29, 0.717) is 0 Å². The van der Waals surface area contributed by atoms with Crippen LogP contribution in [0.1, 0.15) is 46.0 Å². The first-order chi connectivity index (χ1) is 6.24. The van der Waals surface area contributed by atoms with Crippen molar-refractivity contribution in [1.29, 1.82) is 0 Å². The van der Waals surface area contributed by atoms with Gasteiger partial charge in [0.05, 0.1) is 6.10 Å². The minimum atomic E-state index is -0.158. The smallest absolute Gasteiger partial charge is 0.0524 e. The molecule has 13 heavy (non-hydrogen) atoms. The van der Waals surface area contributed by atoms with Crippen molar-refractivity contribution in [2.75, 3.05) is 6.54 Å². The molecule has 2 heteroatoms. The molecular formula is C11H23NO. The highest BCUT2D eigenvalue weighted by Gasteiger charge is 2.24. The Hall–Kier alpha value is -0.0800. The average Bonchev–Trinajstić information content (AvgIpc) is 2.51. The van der Waals surface area contributed by atoms with Crippen LogP contribution < -0.4 is 5.32 Å². The van der Waals surface area contributed by atoms with Crippen LogP contribution in [0.3, 0.4) is 0 Å². The Labute approximate surface area is 81.7 Å². The number of nitrogens with one attached hydrogen (secondary N) is 1. The molecule has 1 rings (SSSR count). The first-order valence-electron chi connectivity index (χ1n) is 5.65. The standard InChI is InChI=1S/C11H23NO/c1-3-10-5-4-6-11(10)12-8-7-9(2)13/h9-13H,3-8H2,1-2H3. The molecule has 0 radical (unpaired) electrons. The van der Waals surface area contributed by atoms with E-state index in [0.717, 1.165) is 24.9 Å². The maximum atomic E-state index is 9.11. The lowest BCUT2D eigenvalue weighted by atomic mass is 10.0. The maximum Gasteiger partial charge on any atom is 0.0524 e. The number of aliphatic hydroxyl groups excluding tert-OH is 1. The summed E-state index contributed by atoms with van der Waals surface area (Å²) in [7, 11) is 0. The van der Waals surface area contributed by atoms with Gasteiger partial charge in [0.15, 0.2) is 0 Å². The first kappa shape index (κ1) is 11.0. The molecule has 0 aromatic carbocycles. The monoisotopic (exact) mass is 185 g/mol. The van der Waals surface area contributed by atoms with Gasteiger partial charge in [0.2, 0.25) is 0 Å². The molecule has 2 N–H and O–H groups in total. The Morgan fingerprint density at radius 3 is 2.85 bits per heavy atom. The van der Waals surface area contributed by atoms with Gasteiger partial charge >= 0.3 is 0 Å². The summed E-state index contributed by atoms with van der Waals surface area (Å²) in [4.78, 5) is 0. The Bertz CT molecular complexity index is 136. The topological polar surface area (TPSA) is 32.3 Å². The van der Waals surface area contributed by atoms with Gasteiger partial charge in [-0.2, -0.15) is 0 Å². The van der Waals surface area contributed by atoms with Crippen LogP contribution in [-0.4, -0.2) is 23.8 Å². The molecule has 3 atom stereocenters. The maximum absolute atomic E-state index is 9.11. The van der Waals surface area contributed by atoms with Crippen LogP contribution >= 0.6 is 0 Å². The molecule has 0 saturated heterocycles. The van der Waals surface area contributed by atoms with Crippen molar-refractivity contribution in [2.45, 2.75) is 58.1 Å². The highest BCUT2D eigenvalue weighted by atomic mass is 16.3. The predicted octanol–water partition coefficient (Wildman–Crippen LogP) is 1.93. The largest absolute Gasteiger partial charge is 0.393 e. The SMILES string of the molecule is CCC1CCCC1NCCC(C)O. The normalized spacial score (nSPS) is 30.7. The van der Waals surface area contributed by atoms with Crippen molar-refractivity contribution in [3.8, 4) is 0 Å². The Balaban J connectivity index is 2.13. The summed E-state index contributed by atoms with van der Waals surface area (Å²) >= 11 is 0. The van der Waals surface area contributed by atoms with E-state index in [1.54, 1.807) is 0 Å². The highest BCUT2D eigenvalue weighted by molar-refractivity contribution is 4.82. The lowest BCUT2D eigenvalue weighted by molar-refractivity contribution is 0.181. The Morgan fingerprint density at radius 2 is 2.23 bits per heavy atom. The summed E-state index contributed by atoms with van der Waals surface area (Å²) in [5.41, 5.74) is 0.